The van der Waals surface area contributed by atoms with Gasteiger partial charge in [0.1, 0.15) is 13.2 Å². The zero-order valence-corrected chi connectivity index (χ0v) is 24.2. The molecule has 208 valence electrons. The largest absolute Gasteiger partial charge is 0.490 e. The molecule has 1 heterocycles. The zero-order valence-electron chi connectivity index (χ0n) is 22.6. The van der Waals surface area contributed by atoms with Crippen LogP contribution in [0, 0.1) is 0 Å². The summed E-state index contributed by atoms with van der Waals surface area (Å²) in [7, 11) is 0. The first-order valence-electron chi connectivity index (χ1n) is 13.0. The molecule has 1 aliphatic rings. The van der Waals surface area contributed by atoms with Gasteiger partial charge in [-0.1, -0.05) is 54.6 Å². The highest BCUT2D eigenvalue weighted by atomic mass is 32.2. The van der Waals surface area contributed by atoms with E-state index >= 15 is 0 Å². The van der Waals surface area contributed by atoms with Crippen molar-refractivity contribution in [2.45, 2.75) is 18.4 Å². The van der Waals surface area contributed by atoms with Gasteiger partial charge in [-0.3, -0.25) is 19.3 Å². The van der Waals surface area contributed by atoms with Crippen LogP contribution in [0.1, 0.15) is 18.1 Å². The number of hydrogen-bond acceptors (Lipinski definition) is 7. The van der Waals surface area contributed by atoms with Crippen LogP contribution in [0.3, 0.4) is 0 Å². The number of carbonyl (C=O) groups is 3. The fourth-order valence-corrected chi connectivity index (χ4v) is 5.71. The molecule has 0 aliphatic carbocycles. The first-order chi connectivity index (χ1) is 19.9. The van der Waals surface area contributed by atoms with Crippen molar-refractivity contribution in [3.63, 3.8) is 0 Å². The summed E-state index contributed by atoms with van der Waals surface area (Å²) in [6.07, 6.45) is 3.57. The van der Waals surface area contributed by atoms with Gasteiger partial charge in [-0.25, -0.2) is 0 Å². The molecule has 0 atom stereocenters. The number of carbonyl (C=O) groups excluding carboxylic acids is 3. The van der Waals surface area contributed by atoms with E-state index in [1.807, 2.05) is 55.6 Å². The topological polar surface area (TPSA) is 84.9 Å². The molecule has 41 heavy (non-hydrogen) atoms. The van der Waals surface area contributed by atoms with Crippen LogP contribution in [0.5, 0.6) is 11.5 Å². The third-order valence-corrected chi connectivity index (χ3v) is 7.99. The lowest BCUT2D eigenvalue weighted by atomic mass is 10.1. The molecule has 9 heteroatoms. The smallest absolute Gasteiger partial charge is 0.294 e. The number of amides is 3. The fourth-order valence-electron chi connectivity index (χ4n) is 4.41. The van der Waals surface area contributed by atoms with Gasteiger partial charge in [0, 0.05) is 10.6 Å². The van der Waals surface area contributed by atoms with Gasteiger partial charge >= 0.3 is 0 Å². The van der Waals surface area contributed by atoms with E-state index in [2.05, 4.69) is 23.5 Å². The van der Waals surface area contributed by atoms with Crippen LogP contribution >= 0.6 is 23.5 Å². The Balaban J connectivity index is 1.28. The van der Waals surface area contributed by atoms with Gasteiger partial charge in [-0.15, -0.1) is 11.8 Å². The molecule has 3 amide bonds. The highest BCUT2D eigenvalue weighted by molar-refractivity contribution is 8.18. The molecule has 1 fully saturated rings. The Hall–Kier alpha value is -4.21. The number of fused-ring (bicyclic) bond motifs is 1. The van der Waals surface area contributed by atoms with E-state index in [-0.39, 0.29) is 11.4 Å². The second kappa shape index (κ2) is 13.0. The Morgan fingerprint density at radius 2 is 1.76 bits per heavy atom. The Morgan fingerprint density at radius 1 is 0.951 bits per heavy atom. The van der Waals surface area contributed by atoms with Gasteiger partial charge in [-0.2, -0.15) is 0 Å². The van der Waals surface area contributed by atoms with E-state index in [0.29, 0.717) is 36.0 Å². The number of hydrogen-bond donors (Lipinski definition) is 1. The summed E-state index contributed by atoms with van der Waals surface area (Å²) in [4.78, 5) is 40.4. The number of nitrogens with zero attached hydrogens (tertiary/aromatic N) is 1. The van der Waals surface area contributed by atoms with Gasteiger partial charge in [-0.05, 0) is 83.2 Å². The molecule has 0 unspecified atom stereocenters. The van der Waals surface area contributed by atoms with E-state index in [9.17, 15) is 14.4 Å². The number of anilines is 1. The summed E-state index contributed by atoms with van der Waals surface area (Å²) in [6.45, 7) is 2.31. The molecule has 0 aromatic heterocycles. The van der Waals surface area contributed by atoms with Gasteiger partial charge in [0.15, 0.2) is 11.5 Å². The van der Waals surface area contributed by atoms with Crippen molar-refractivity contribution in [1.82, 2.24) is 4.90 Å². The molecule has 1 N–H and O–H groups in total. The Bertz CT molecular complexity index is 1650. The van der Waals surface area contributed by atoms with Gasteiger partial charge < -0.3 is 14.8 Å². The first-order valence-corrected chi connectivity index (χ1v) is 15.0. The quantitative estimate of drug-likeness (QED) is 0.156. The maximum Gasteiger partial charge on any atom is 0.294 e. The lowest BCUT2D eigenvalue weighted by molar-refractivity contribution is -0.127. The molecular formula is C32H28N2O5S2. The molecule has 4 aromatic carbocycles. The lowest BCUT2D eigenvalue weighted by Gasteiger charge is -2.14. The van der Waals surface area contributed by atoms with Crippen LogP contribution < -0.4 is 14.8 Å². The van der Waals surface area contributed by atoms with Crippen LogP contribution in [0.25, 0.3) is 16.8 Å². The Kier molecular flexibility index (Phi) is 8.96. The highest BCUT2D eigenvalue weighted by Gasteiger charge is 2.36. The Morgan fingerprint density at radius 3 is 2.59 bits per heavy atom. The van der Waals surface area contributed by atoms with Crippen molar-refractivity contribution in [2.24, 2.45) is 0 Å². The van der Waals surface area contributed by atoms with E-state index in [4.69, 9.17) is 9.47 Å². The van der Waals surface area contributed by atoms with Crippen molar-refractivity contribution >= 4 is 63.1 Å². The zero-order chi connectivity index (χ0) is 28.8. The average molecular weight is 585 g/mol. The molecule has 5 rings (SSSR count). The van der Waals surface area contributed by atoms with E-state index in [1.165, 1.54) is 0 Å². The van der Waals surface area contributed by atoms with Gasteiger partial charge in [0.2, 0.25) is 5.91 Å². The molecule has 0 bridgehead atoms. The van der Waals surface area contributed by atoms with E-state index < -0.39 is 17.1 Å². The summed E-state index contributed by atoms with van der Waals surface area (Å²) in [5, 5.41) is 4.53. The number of thioether (sulfide) groups is 2. The summed E-state index contributed by atoms with van der Waals surface area (Å²) >= 11 is 2.36. The van der Waals surface area contributed by atoms with Crippen LogP contribution in [0.4, 0.5) is 10.5 Å². The van der Waals surface area contributed by atoms with Gasteiger partial charge in [0.25, 0.3) is 11.1 Å². The van der Waals surface area contributed by atoms with Crippen LogP contribution in [-0.4, -0.2) is 41.4 Å². The minimum atomic E-state index is -0.512. The number of imide groups is 1. The molecular weight excluding hydrogens is 556 g/mol. The second-order valence-electron chi connectivity index (χ2n) is 9.11. The van der Waals surface area contributed by atoms with Gasteiger partial charge in [0.05, 0.1) is 11.5 Å². The fraction of sp³-hybridized carbons (Fsp3) is 0.156. The van der Waals surface area contributed by atoms with Crippen LogP contribution in [0.15, 0.2) is 94.7 Å². The third kappa shape index (κ3) is 6.75. The molecule has 0 saturated carbocycles. The Labute approximate surface area is 246 Å². The number of ether oxygens (including phenoxy) is 2. The maximum absolute atomic E-state index is 13.0. The summed E-state index contributed by atoms with van der Waals surface area (Å²) < 4.78 is 12.0. The molecule has 1 aliphatic heterocycles. The van der Waals surface area contributed by atoms with Crippen molar-refractivity contribution in [3.05, 3.63) is 101 Å². The lowest BCUT2D eigenvalue weighted by Crippen LogP contribution is -2.36. The number of rotatable bonds is 10. The van der Waals surface area contributed by atoms with Crippen molar-refractivity contribution in [1.29, 1.82) is 0 Å². The average Bonchev–Trinajstić information content (AvgIpc) is 3.24. The third-order valence-electron chi connectivity index (χ3n) is 6.36. The van der Waals surface area contributed by atoms with E-state index in [1.54, 1.807) is 42.1 Å². The first kappa shape index (κ1) is 28.3. The molecule has 0 radical (unpaired) electrons. The standard InChI is InChI=1S/C32H28N2O5S2/c1-3-38-28-16-21(14-15-27(28)39-20-23-10-6-9-22-8-4-5-13-26(22)23)17-29-31(36)34(32(37)41-29)19-30(35)33-24-11-7-12-25(18-24)40-2/h4-18H,3,19-20H2,1-2H3,(H,33,35)/b29-17+. The second-order valence-corrected chi connectivity index (χ2v) is 11.0. The molecule has 7 nitrogen and oxygen atoms in total. The van der Waals surface area contributed by atoms with Crippen molar-refractivity contribution < 1.29 is 23.9 Å². The predicted molar refractivity (Wildman–Crippen MR) is 165 cm³/mol. The number of benzene rings is 4. The molecule has 0 spiro atoms. The normalized spacial score (nSPS) is 14.1. The summed E-state index contributed by atoms with van der Waals surface area (Å²) in [5.41, 5.74) is 2.34. The minimum absolute atomic E-state index is 0.235. The summed E-state index contributed by atoms with van der Waals surface area (Å²) in [6, 6.07) is 27.0. The highest BCUT2D eigenvalue weighted by Crippen LogP contribution is 2.35. The minimum Gasteiger partial charge on any atom is -0.490 e. The van der Waals surface area contributed by atoms with Crippen LogP contribution in [-0.2, 0) is 16.2 Å². The maximum atomic E-state index is 13.0. The van der Waals surface area contributed by atoms with E-state index in [0.717, 1.165) is 37.9 Å². The predicted octanol–water partition coefficient (Wildman–Crippen LogP) is 7.21. The van der Waals surface area contributed by atoms with Crippen molar-refractivity contribution in [2.75, 3.05) is 24.7 Å². The van der Waals surface area contributed by atoms with Crippen molar-refractivity contribution in [3.8, 4) is 11.5 Å². The molecule has 1 saturated heterocycles. The molecule has 4 aromatic rings. The SMILES string of the molecule is CCOc1cc(/C=C2/SC(=O)N(CC(=O)Nc3cccc(SC)c3)C2=O)ccc1OCc1cccc2ccccc12. The van der Waals surface area contributed by atoms with Crippen LogP contribution in [0.2, 0.25) is 0 Å². The number of nitrogens with one attached hydrogen (secondary N) is 1. The monoisotopic (exact) mass is 584 g/mol. The summed E-state index contributed by atoms with van der Waals surface area (Å²) in [5.74, 6) is 0.153.